The van der Waals surface area contributed by atoms with E-state index in [2.05, 4.69) is 5.32 Å². The monoisotopic (exact) mass is 519 g/mol. The molecule has 0 unspecified atom stereocenters. The summed E-state index contributed by atoms with van der Waals surface area (Å²) in [5.74, 6) is -0.272. The Bertz CT molecular complexity index is 1440. The molecule has 190 valence electrons. The maximum Gasteiger partial charge on any atom is 0.408 e. The molecule has 0 saturated heterocycles. The van der Waals surface area contributed by atoms with Crippen molar-refractivity contribution in [2.75, 3.05) is 12.0 Å². The van der Waals surface area contributed by atoms with Crippen molar-refractivity contribution in [1.29, 1.82) is 0 Å². The average molecular weight is 520 g/mol. The van der Waals surface area contributed by atoms with E-state index < -0.39 is 23.5 Å². The molecular formula is C28H25NO7S. The van der Waals surface area contributed by atoms with Crippen molar-refractivity contribution >= 4 is 34.8 Å². The van der Waals surface area contributed by atoms with E-state index in [-0.39, 0.29) is 29.1 Å². The summed E-state index contributed by atoms with van der Waals surface area (Å²) in [6, 6.07) is 21.0. The lowest BCUT2D eigenvalue weighted by atomic mass is 10.1. The van der Waals surface area contributed by atoms with Gasteiger partial charge in [0.25, 0.3) is 0 Å². The largest absolute Gasteiger partial charge is 0.507 e. The Morgan fingerprint density at radius 1 is 1.03 bits per heavy atom. The molecule has 0 radical (unpaired) electrons. The molecule has 0 aliphatic rings. The van der Waals surface area contributed by atoms with E-state index in [4.69, 9.17) is 13.9 Å². The van der Waals surface area contributed by atoms with Crippen LogP contribution < -0.4 is 15.5 Å². The fourth-order valence-electron chi connectivity index (χ4n) is 3.63. The van der Waals surface area contributed by atoms with E-state index in [9.17, 15) is 19.5 Å². The molecule has 1 atom stereocenters. The molecule has 1 amide bonds. The van der Waals surface area contributed by atoms with Crippen molar-refractivity contribution < 1.29 is 28.6 Å². The van der Waals surface area contributed by atoms with E-state index >= 15 is 0 Å². The van der Waals surface area contributed by atoms with Gasteiger partial charge in [0.05, 0.1) is 0 Å². The molecule has 9 heteroatoms. The molecule has 3 aromatic carbocycles. The van der Waals surface area contributed by atoms with Crippen LogP contribution in [0.15, 0.2) is 88.1 Å². The number of carbonyl (C=O) groups excluding carboxylic acids is 2. The summed E-state index contributed by atoms with van der Waals surface area (Å²) in [5, 5.41) is 13.0. The molecule has 8 nitrogen and oxygen atoms in total. The first kappa shape index (κ1) is 25.8. The summed E-state index contributed by atoms with van der Waals surface area (Å²) in [5.41, 5.74) is 1.11. The summed E-state index contributed by atoms with van der Waals surface area (Å²) < 4.78 is 16.6. The molecule has 4 rings (SSSR count). The Morgan fingerprint density at radius 2 is 1.73 bits per heavy atom. The second kappa shape index (κ2) is 12.1. The van der Waals surface area contributed by atoms with Crippen LogP contribution in [-0.2, 0) is 16.1 Å². The van der Waals surface area contributed by atoms with Crippen molar-refractivity contribution in [2.45, 2.75) is 19.1 Å². The van der Waals surface area contributed by atoms with E-state index in [1.807, 2.05) is 54.8 Å². The van der Waals surface area contributed by atoms with Gasteiger partial charge < -0.3 is 24.3 Å². The molecule has 0 bridgehead atoms. The number of amides is 1. The molecular weight excluding hydrogens is 494 g/mol. The number of fused-ring (bicyclic) bond motifs is 1. The number of nitrogens with one attached hydrogen (secondary N) is 1. The maximum absolute atomic E-state index is 13.0. The quantitative estimate of drug-likeness (QED) is 0.231. The van der Waals surface area contributed by atoms with Crippen LogP contribution in [0.25, 0.3) is 22.3 Å². The Kier molecular flexibility index (Phi) is 8.48. The van der Waals surface area contributed by atoms with Gasteiger partial charge in [0.15, 0.2) is 5.43 Å². The number of rotatable bonds is 9. The first-order valence-corrected chi connectivity index (χ1v) is 12.9. The van der Waals surface area contributed by atoms with Crippen molar-refractivity contribution in [1.82, 2.24) is 5.32 Å². The van der Waals surface area contributed by atoms with Crippen LogP contribution in [0, 0.1) is 0 Å². The predicted octanol–water partition coefficient (Wildman–Crippen LogP) is 5.12. The highest BCUT2D eigenvalue weighted by Crippen LogP contribution is 2.31. The van der Waals surface area contributed by atoms with E-state index in [0.717, 1.165) is 5.56 Å². The first-order chi connectivity index (χ1) is 17.9. The third kappa shape index (κ3) is 6.71. The number of hydrogen-bond donors (Lipinski definition) is 2. The number of carbonyl (C=O) groups is 2. The molecule has 4 aromatic rings. The van der Waals surface area contributed by atoms with Gasteiger partial charge >= 0.3 is 12.1 Å². The van der Waals surface area contributed by atoms with Gasteiger partial charge in [0.2, 0.25) is 0 Å². The highest BCUT2D eigenvalue weighted by molar-refractivity contribution is 7.98. The second-order valence-electron chi connectivity index (χ2n) is 8.12. The second-order valence-corrected chi connectivity index (χ2v) is 9.10. The van der Waals surface area contributed by atoms with Gasteiger partial charge in [-0.05, 0) is 24.0 Å². The summed E-state index contributed by atoms with van der Waals surface area (Å²) in [6.07, 6.45) is 1.42. The number of phenolic OH excluding ortho intramolecular Hbond substituents is 1. The van der Waals surface area contributed by atoms with E-state index in [0.29, 0.717) is 23.5 Å². The normalized spacial score (nSPS) is 11.6. The number of esters is 1. The lowest BCUT2D eigenvalue weighted by Gasteiger charge is -2.17. The number of benzene rings is 3. The highest BCUT2D eigenvalue weighted by atomic mass is 32.2. The Hall–Kier alpha value is -4.24. The molecule has 37 heavy (non-hydrogen) atoms. The number of ether oxygens (including phenoxy) is 2. The smallest absolute Gasteiger partial charge is 0.408 e. The minimum Gasteiger partial charge on any atom is -0.507 e. The minimum atomic E-state index is -0.990. The van der Waals surface area contributed by atoms with Gasteiger partial charge in [-0.25, -0.2) is 9.59 Å². The number of thioether (sulfide) groups is 1. The third-order valence-electron chi connectivity index (χ3n) is 5.46. The fourth-order valence-corrected chi connectivity index (χ4v) is 4.10. The zero-order valence-corrected chi connectivity index (χ0v) is 20.8. The lowest BCUT2D eigenvalue weighted by molar-refractivity contribution is -0.136. The van der Waals surface area contributed by atoms with Crippen molar-refractivity contribution in [3.63, 3.8) is 0 Å². The Balaban J connectivity index is 1.52. The maximum atomic E-state index is 13.0. The molecule has 0 fully saturated rings. The van der Waals surface area contributed by atoms with E-state index in [1.165, 1.54) is 30.0 Å². The van der Waals surface area contributed by atoms with Gasteiger partial charge in [-0.3, -0.25) is 4.79 Å². The standard InChI is InChI=1S/C28H25NO7S/c1-37-13-12-21(29-28(33)34-17-18-8-4-2-5-9-18)27(32)35-20-14-22(30)26-23(31)16-24(36-25(26)15-20)19-10-6-3-7-11-19/h2-11,14-16,21,30H,12-13,17H2,1H3,(H,29,33)/t21-/m0/s1. The summed E-state index contributed by atoms with van der Waals surface area (Å²) in [7, 11) is 0. The molecule has 2 N–H and O–H groups in total. The predicted molar refractivity (Wildman–Crippen MR) is 142 cm³/mol. The number of alkyl carbamates (subject to hydrolysis) is 1. The minimum absolute atomic E-state index is 0.0268. The zero-order chi connectivity index (χ0) is 26.2. The molecule has 0 aliphatic heterocycles. The van der Waals surface area contributed by atoms with Crippen LogP contribution in [0.5, 0.6) is 11.5 Å². The van der Waals surface area contributed by atoms with Gasteiger partial charge in [-0.2, -0.15) is 11.8 Å². The van der Waals surface area contributed by atoms with Crippen molar-refractivity contribution in [3.8, 4) is 22.8 Å². The van der Waals surface area contributed by atoms with Crippen LogP contribution in [0.4, 0.5) is 4.79 Å². The van der Waals surface area contributed by atoms with Crippen LogP contribution in [0.1, 0.15) is 12.0 Å². The number of phenols is 1. The highest BCUT2D eigenvalue weighted by Gasteiger charge is 2.24. The Morgan fingerprint density at radius 3 is 2.43 bits per heavy atom. The fraction of sp³-hybridized carbons (Fsp3) is 0.179. The lowest BCUT2D eigenvalue weighted by Crippen LogP contribution is -2.43. The van der Waals surface area contributed by atoms with Crippen LogP contribution in [0.3, 0.4) is 0 Å². The van der Waals surface area contributed by atoms with Crippen molar-refractivity contribution in [3.05, 3.63) is 94.6 Å². The van der Waals surface area contributed by atoms with Crippen LogP contribution in [0.2, 0.25) is 0 Å². The molecule has 0 spiro atoms. The van der Waals surface area contributed by atoms with Gasteiger partial charge in [0, 0.05) is 23.8 Å². The topological polar surface area (TPSA) is 115 Å². The van der Waals surface area contributed by atoms with Crippen molar-refractivity contribution in [2.24, 2.45) is 0 Å². The van der Waals surface area contributed by atoms with Gasteiger partial charge in [0.1, 0.15) is 40.9 Å². The first-order valence-electron chi connectivity index (χ1n) is 11.5. The molecule has 0 saturated carbocycles. The molecule has 0 aliphatic carbocycles. The van der Waals surface area contributed by atoms with Crippen LogP contribution in [-0.4, -0.2) is 35.2 Å². The zero-order valence-electron chi connectivity index (χ0n) is 20.0. The van der Waals surface area contributed by atoms with E-state index in [1.54, 1.807) is 12.1 Å². The summed E-state index contributed by atoms with van der Waals surface area (Å²) in [4.78, 5) is 38.0. The Labute approximate surface area is 217 Å². The van der Waals surface area contributed by atoms with Crippen LogP contribution >= 0.6 is 11.8 Å². The number of aromatic hydroxyl groups is 1. The molecule has 1 heterocycles. The van der Waals surface area contributed by atoms with Gasteiger partial charge in [-0.1, -0.05) is 60.7 Å². The van der Waals surface area contributed by atoms with Gasteiger partial charge in [-0.15, -0.1) is 0 Å². The SMILES string of the molecule is CSCC[C@H](NC(=O)OCc1ccccc1)C(=O)Oc1cc(O)c2c(=O)cc(-c3ccccc3)oc2c1. The average Bonchev–Trinajstić information content (AvgIpc) is 2.90. The summed E-state index contributed by atoms with van der Waals surface area (Å²) in [6.45, 7) is 0.0539. The number of hydrogen-bond acceptors (Lipinski definition) is 8. The third-order valence-corrected chi connectivity index (χ3v) is 6.10. The summed E-state index contributed by atoms with van der Waals surface area (Å²) >= 11 is 1.51. The molecule has 1 aromatic heterocycles.